The van der Waals surface area contributed by atoms with Crippen LogP contribution < -0.4 is 0 Å². The molecule has 3 aromatic carbocycles. The van der Waals surface area contributed by atoms with Crippen molar-refractivity contribution in [3.8, 4) is 33.8 Å². The Hall–Kier alpha value is -4.24. The first kappa shape index (κ1) is 30.3. The Morgan fingerprint density at radius 2 is 0.700 bits per heavy atom. The molecule has 3 aromatic heterocycles. The van der Waals surface area contributed by atoms with E-state index in [1.165, 1.54) is 16.7 Å². The van der Waals surface area contributed by atoms with Crippen molar-refractivity contribution >= 4 is 0 Å². The summed E-state index contributed by atoms with van der Waals surface area (Å²) in [7, 11) is 0. The molecule has 0 amide bonds. The Kier molecular flexibility index (Phi) is 12.1. The van der Waals surface area contributed by atoms with Gasteiger partial charge < -0.3 is 15.0 Å². The van der Waals surface area contributed by atoms with Crippen molar-refractivity contribution in [2.24, 2.45) is 0 Å². The minimum Gasteiger partial charge on any atom is -0.305 e. The van der Waals surface area contributed by atoms with Crippen LogP contribution in [0.4, 0.5) is 0 Å². The van der Waals surface area contributed by atoms with E-state index in [4.69, 9.17) is 0 Å². The maximum absolute atomic E-state index is 4.25. The number of pyridine rings is 3. The summed E-state index contributed by atoms with van der Waals surface area (Å²) in [6.07, 6.45) is 5.38. The molecule has 0 N–H and O–H groups in total. The Balaban J connectivity index is 0.000000163. The molecule has 40 heavy (non-hydrogen) atoms. The number of aryl methyl sites for hydroxylation is 3. The summed E-state index contributed by atoms with van der Waals surface area (Å²) in [5, 5.41) is 0. The molecule has 198 valence electrons. The summed E-state index contributed by atoms with van der Waals surface area (Å²) in [6, 6.07) is 45.5. The third-order valence-corrected chi connectivity index (χ3v) is 5.73. The fraction of sp³-hybridized carbons (Fsp3) is 0.0833. The van der Waals surface area contributed by atoms with Gasteiger partial charge in [-0.1, -0.05) is 57.2 Å². The number of nitrogens with zero attached hydrogens (tertiary/aromatic N) is 3. The van der Waals surface area contributed by atoms with E-state index >= 15 is 0 Å². The zero-order chi connectivity index (χ0) is 27.3. The molecular weight excluding hydrogens is 667 g/mol. The third kappa shape index (κ3) is 9.50. The summed E-state index contributed by atoms with van der Waals surface area (Å²) in [5.74, 6) is 0. The van der Waals surface area contributed by atoms with Crippen LogP contribution in [0.2, 0.25) is 0 Å². The maximum atomic E-state index is 4.25. The van der Waals surface area contributed by atoms with Gasteiger partial charge >= 0.3 is 20.1 Å². The van der Waals surface area contributed by atoms with Gasteiger partial charge in [0, 0.05) is 18.6 Å². The van der Waals surface area contributed by atoms with Gasteiger partial charge in [0.15, 0.2) is 0 Å². The van der Waals surface area contributed by atoms with Gasteiger partial charge in [-0.3, -0.25) is 0 Å². The summed E-state index contributed by atoms with van der Waals surface area (Å²) in [6.45, 7) is 6.16. The molecule has 0 aliphatic rings. The van der Waals surface area contributed by atoms with Crippen LogP contribution in [0.1, 0.15) is 16.7 Å². The second-order valence-corrected chi connectivity index (χ2v) is 8.98. The predicted molar refractivity (Wildman–Crippen MR) is 160 cm³/mol. The molecule has 6 rings (SSSR count). The van der Waals surface area contributed by atoms with Crippen molar-refractivity contribution in [1.82, 2.24) is 15.0 Å². The van der Waals surface area contributed by atoms with Crippen molar-refractivity contribution in [1.29, 1.82) is 0 Å². The molecule has 0 aliphatic carbocycles. The van der Waals surface area contributed by atoms with E-state index in [0.717, 1.165) is 33.8 Å². The number of hydrogen-bond donors (Lipinski definition) is 0. The van der Waals surface area contributed by atoms with Crippen molar-refractivity contribution in [3.63, 3.8) is 0 Å². The first-order chi connectivity index (χ1) is 19.1. The van der Waals surface area contributed by atoms with Crippen LogP contribution in [-0.2, 0) is 20.1 Å². The van der Waals surface area contributed by atoms with E-state index in [1.54, 1.807) is 18.6 Å². The van der Waals surface area contributed by atoms with E-state index in [2.05, 4.69) is 72.1 Å². The van der Waals surface area contributed by atoms with Crippen LogP contribution >= 0.6 is 0 Å². The monoisotopic (exact) mass is 697 g/mol. The minimum absolute atomic E-state index is 0. The topological polar surface area (TPSA) is 38.7 Å². The van der Waals surface area contributed by atoms with Crippen molar-refractivity contribution in [2.75, 3.05) is 0 Å². The Morgan fingerprint density at radius 1 is 0.400 bits per heavy atom. The van der Waals surface area contributed by atoms with E-state index in [-0.39, 0.29) is 20.1 Å². The molecule has 3 nitrogen and oxygen atoms in total. The SMILES string of the molecule is Cc1c[c-]c(-c2ccccn2)cc1.Cc1c[c-]c(-c2ccccn2)cc1.Cc1c[c-]c(-c2ccccn2)cc1.[Ir+3]. The Labute approximate surface area is 251 Å². The van der Waals surface area contributed by atoms with Gasteiger partial charge in [-0.15, -0.1) is 106 Å². The Morgan fingerprint density at radius 3 is 0.900 bits per heavy atom. The second-order valence-electron chi connectivity index (χ2n) is 8.98. The van der Waals surface area contributed by atoms with Gasteiger partial charge in [0.25, 0.3) is 0 Å². The third-order valence-electron chi connectivity index (χ3n) is 5.73. The van der Waals surface area contributed by atoms with Crippen LogP contribution in [0.15, 0.2) is 128 Å². The van der Waals surface area contributed by atoms with E-state index in [0.29, 0.717) is 0 Å². The van der Waals surface area contributed by atoms with Crippen molar-refractivity contribution < 1.29 is 20.1 Å². The number of benzene rings is 3. The molecule has 0 fully saturated rings. The normalized spacial score (nSPS) is 9.68. The van der Waals surface area contributed by atoms with Gasteiger partial charge in [0.2, 0.25) is 0 Å². The molecule has 6 aromatic rings. The largest absolute Gasteiger partial charge is 3.00 e. The fourth-order valence-electron chi connectivity index (χ4n) is 3.55. The zero-order valence-corrected chi connectivity index (χ0v) is 25.2. The molecule has 0 bridgehead atoms. The summed E-state index contributed by atoms with van der Waals surface area (Å²) in [5.41, 5.74) is 9.73. The van der Waals surface area contributed by atoms with Crippen LogP contribution in [0.25, 0.3) is 33.8 Å². The van der Waals surface area contributed by atoms with Crippen LogP contribution in [-0.4, -0.2) is 15.0 Å². The van der Waals surface area contributed by atoms with Crippen molar-refractivity contribution in [3.05, 3.63) is 163 Å². The molecule has 0 atom stereocenters. The average molecular weight is 697 g/mol. The van der Waals surface area contributed by atoms with Gasteiger partial charge in [0.1, 0.15) is 0 Å². The molecule has 4 heteroatoms. The van der Waals surface area contributed by atoms with Gasteiger partial charge in [-0.05, 0) is 35.3 Å². The average Bonchev–Trinajstić information content (AvgIpc) is 3.00. The van der Waals surface area contributed by atoms with Crippen LogP contribution in [0.5, 0.6) is 0 Å². The Bertz CT molecular complexity index is 1330. The number of aromatic nitrogens is 3. The van der Waals surface area contributed by atoms with Crippen LogP contribution in [0.3, 0.4) is 0 Å². The molecule has 0 saturated heterocycles. The van der Waals surface area contributed by atoms with E-state index in [9.17, 15) is 0 Å². The second kappa shape index (κ2) is 16.0. The minimum atomic E-state index is 0. The molecule has 3 heterocycles. The standard InChI is InChI=1S/3C12H10N.Ir/c3*1-10-5-7-11(8-6-10)12-4-2-3-9-13-12;/h3*2-7,9H,1H3;/q3*-1;+3. The molecule has 0 unspecified atom stereocenters. The molecule has 0 aliphatic heterocycles. The smallest absolute Gasteiger partial charge is 0.305 e. The summed E-state index contributed by atoms with van der Waals surface area (Å²) in [4.78, 5) is 12.7. The molecular formula is C36H30IrN3. The van der Waals surface area contributed by atoms with Crippen molar-refractivity contribution in [2.45, 2.75) is 20.8 Å². The van der Waals surface area contributed by atoms with Gasteiger partial charge in [-0.2, -0.15) is 0 Å². The van der Waals surface area contributed by atoms with E-state index in [1.807, 2.05) is 91.0 Å². The number of hydrogen-bond acceptors (Lipinski definition) is 3. The molecule has 0 radical (unpaired) electrons. The fourth-order valence-corrected chi connectivity index (χ4v) is 3.55. The predicted octanol–water partition coefficient (Wildman–Crippen LogP) is 8.57. The zero-order valence-electron chi connectivity index (χ0n) is 22.8. The van der Waals surface area contributed by atoms with Gasteiger partial charge in [-0.25, -0.2) is 0 Å². The summed E-state index contributed by atoms with van der Waals surface area (Å²) < 4.78 is 0. The first-order valence-electron chi connectivity index (χ1n) is 12.8. The van der Waals surface area contributed by atoms with Crippen LogP contribution in [0, 0.1) is 39.0 Å². The van der Waals surface area contributed by atoms with Gasteiger partial charge in [0.05, 0.1) is 0 Å². The molecule has 0 spiro atoms. The summed E-state index contributed by atoms with van der Waals surface area (Å²) >= 11 is 0. The number of rotatable bonds is 3. The van der Waals surface area contributed by atoms with E-state index < -0.39 is 0 Å². The quantitative estimate of drug-likeness (QED) is 0.174. The maximum Gasteiger partial charge on any atom is 3.00 e. The first-order valence-corrected chi connectivity index (χ1v) is 12.8. The molecule has 0 saturated carbocycles.